The molecule has 0 aliphatic heterocycles. The number of carbonyl (C=O) groups excluding carboxylic acids is 1. The number of phenols is 1. The Morgan fingerprint density at radius 3 is 2.26 bits per heavy atom. The van der Waals surface area contributed by atoms with Crippen molar-refractivity contribution < 1.29 is 31.4 Å². The summed E-state index contributed by atoms with van der Waals surface area (Å²) in [5.41, 5.74) is 1.65. The molecule has 1 unspecified atom stereocenters. The molecule has 0 aliphatic carbocycles. The number of amides is 1. The van der Waals surface area contributed by atoms with Gasteiger partial charge in [-0.1, -0.05) is 0 Å². The molecule has 1 amide bonds. The van der Waals surface area contributed by atoms with Crippen LogP contribution in [0.2, 0.25) is 0 Å². The second-order valence-electron chi connectivity index (χ2n) is 5.59. The summed E-state index contributed by atoms with van der Waals surface area (Å²) in [6.07, 6.45) is 0. The predicted molar refractivity (Wildman–Crippen MR) is 100.0 cm³/mol. The van der Waals surface area contributed by atoms with Crippen molar-refractivity contribution in [1.29, 1.82) is 0 Å². The fourth-order valence-electron chi connectivity index (χ4n) is 2.07. The van der Waals surface area contributed by atoms with E-state index in [4.69, 9.17) is 13.6 Å². The van der Waals surface area contributed by atoms with E-state index in [0.29, 0.717) is 0 Å². The summed E-state index contributed by atoms with van der Waals surface area (Å²) in [6, 6.07) is 11.5. The largest absolute Gasteiger partial charge is 0.481 e. The minimum absolute atomic E-state index is 0.0329. The number of carboxylic acid groups (broad SMARTS) is 1. The summed E-state index contributed by atoms with van der Waals surface area (Å²) in [4.78, 5) is 20.2. The minimum atomic E-state index is -4.94. The number of carboxylic acids is 1. The van der Waals surface area contributed by atoms with Gasteiger partial charge in [-0.25, -0.2) is 0 Å². The summed E-state index contributed by atoms with van der Waals surface area (Å²) in [6.45, 7) is 4.18. The van der Waals surface area contributed by atoms with E-state index in [0.717, 1.165) is 18.1 Å². The predicted octanol–water partition coefficient (Wildman–Crippen LogP) is 1.54. The third-order valence-electron chi connectivity index (χ3n) is 3.28. The zero-order valence-corrected chi connectivity index (χ0v) is 17.0. The molecule has 8 nitrogen and oxygen atoms in total. The molecule has 0 fully saturated rings. The molecule has 2 aromatic carbocycles. The maximum Gasteiger partial charge on any atom is 0.300 e. The van der Waals surface area contributed by atoms with Crippen molar-refractivity contribution >= 4 is 36.1 Å². The normalized spacial score (nSPS) is 12.3. The van der Waals surface area contributed by atoms with E-state index < -0.39 is 26.0 Å². The van der Waals surface area contributed by atoms with Crippen LogP contribution < -0.4 is 9.67 Å². The standard InChI is InChI=1S/C16H18AsNO5.C2H4O2/c1-11-6-3-4-7-13(11)10-23-17(21,22)14-8-5-9-15(20)16(14)18-12(2)19;1-2(3)4/h3-9,20H,10H2,1-2H3,(H,18,19)(H,21,22);1H3,(H,3,4). The first-order valence-corrected chi connectivity index (χ1v) is 11.2. The van der Waals surface area contributed by atoms with Crippen LogP contribution in [0.25, 0.3) is 0 Å². The summed E-state index contributed by atoms with van der Waals surface area (Å²) < 4.78 is 28.1. The average molecular weight is 439 g/mol. The quantitative estimate of drug-likeness (QED) is 0.410. The summed E-state index contributed by atoms with van der Waals surface area (Å²) in [5.74, 6) is -1.57. The van der Waals surface area contributed by atoms with Crippen LogP contribution in [0.4, 0.5) is 5.69 Å². The van der Waals surface area contributed by atoms with Gasteiger partial charge >= 0.3 is 137 Å². The number of carbonyl (C=O) groups is 2. The van der Waals surface area contributed by atoms with Crippen molar-refractivity contribution in [3.63, 3.8) is 0 Å². The maximum absolute atomic E-state index is 12.6. The van der Waals surface area contributed by atoms with Crippen LogP contribution in [0.3, 0.4) is 0 Å². The first-order valence-electron chi connectivity index (χ1n) is 7.86. The van der Waals surface area contributed by atoms with Crippen molar-refractivity contribution in [2.75, 3.05) is 5.32 Å². The number of aromatic hydroxyl groups is 1. The zero-order valence-electron chi connectivity index (χ0n) is 15.2. The smallest absolute Gasteiger partial charge is 0.300 e. The van der Waals surface area contributed by atoms with Gasteiger partial charge in [-0.05, 0) is 0 Å². The topological polar surface area (TPSA) is 133 Å². The number of hydrogen-bond donors (Lipinski definition) is 4. The van der Waals surface area contributed by atoms with Gasteiger partial charge in [-0.3, -0.25) is 4.79 Å². The monoisotopic (exact) mass is 439 g/mol. The van der Waals surface area contributed by atoms with Gasteiger partial charge in [-0.2, -0.15) is 0 Å². The fourth-order valence-corrected chi connectivity index (χ4v) is 4.54. The number of para-hydroxylation sites is 1. The summed E-state index contributed by atoms with van der Waals surface area (Å²) >= 11 is -4.94. The third-order valence-corrected chi connectivity index (χ3v) is 6.35. The Balaban J connectivity index is 0.000000828. The van der Waals surface area contributed by atoms with Gasteiger partial charge in [-0.15, -0.1) is 0 Å². The Kier molecular flexibility index (Phi) is 8.30. The van der Waals surface area contributed by atoms with E-state index in [9.17, 15) is 17.7 Å². The molecule has 0 aromatic heterocycles. The molecule has 2 aromatic rings. The van der Waals surface area contributed by atoms with Gasteiger partial charge in [0, 0.05) is 6.92 Å². The van der Waals surface area contributed by atoms with Gasteiger partial charge < -0.3 is 5.11 Å². The minimum Gasteiger partial charge on any atom is -0.481 e. The number of benzene rings is 2. The van der Waals surface area contributed by atoms with E-state index in [1.165, 1.54) is 25.1 Å². The van der Waals surface area contributed by atoms with E-state index in [1.54, 1.807) is 0 Å². The molecule has 0 bridgehead atoms. The molecule has 0 saturated carbocycles. The molecule has 0 radical (unpaired) electrons. The molecular formula is C18H22AsNO7. The molecule has 146 valence electrons. The van der Waals surface area contributed by atoms with Crippen LogP contribution in [0.15, 0.2) is 42.5 Å². The number of aliphatic carboxylic acids is 1. The average Bonchev–Trinajstić information content (AvgIpc) is 2.55. The van der Waals surface area contributed by atoms with Crippen LogP contribution in [-0.2, 0) is 23.7 Å². The fraction of sp³-hybridized carbons (Fsp3) is 0.222. The Morgan fingerprint density at radius 2 is 1.70 bits per heavy atom. The SMILES string of the molecule is CC(=O)Nc1c(O)cccc1[As](=O)(O)OCc1ccccc1C.CC(=O)O. The molecular weight excluding hydrogens is 417 g/mol. The molecule has 1 atom stereocenters. The number of anilines is 1. The first-order chi connectivity index (χ1) is 12.5. The zero-order chi connectivity index (χ0) is 20.6. The number of rotatable bonds is 5. The number of hydrogen-bond acceptors (Lipinski definition) is 5. The molecule has 0 spiro atoms. The molecule has 0 heterocycles. The molecule has 4 N–H and O–H groups in total. The van der Waals surface area contributed by atoms with E-state index in [1.807, 2.05) is 31.2 Å². The van der Waals surface area contributed by atoms with Crippen LogP contribution >= 0.6 is 0 Å². The second-order valence-corrected chi connectivity index (χ2v) is 9.33. The van der Waals surface area contributed by atoms with Crippen molar-refractivity contribution in [1.82, 2.24) is 0 Å². The van der Waals surface area contributed by atoms with Gasteiger partial charge in [0.15, 0.2) is 0 Å². The summed E-state index contributed by atoms with van der Waals surface area (Å²) in [7, 11) is 0. The molecule has 27 heavy (non-hydrogen) atoms. The summed E-state index contributed by atoms with van der Waals surface area (Å²) in [5, 5.41) is 19.6. The van der Waals surface area contributed by atoms with Gasteiger partial charge in [0.25, 0.3) is 5.97 Å². The van der Waals surface area contributed by atoms with Crippen molar-refractivity contribution in [2.24, 2.45) is 0 Å². The van der Waals surface area contributed by atoms with Crippen LogP contribution in [0.5, 0.6) is 5.75 Å². The molecule has 0 aliphatic rings. The van der Waals surface area contributed by atoms with Crippen LogP contribution in [0, 0.1) is 6.92 Å². The van der Waals surface area contributed by atoms with E-state index in [2.05, 4.69) is 5.32 Å². The van der Waals surface area contributed by atoms with E-state index >= 15 is 0 Å². The Labute approximate surface area is 159 Å². The van der Waals surface area contributed by atoms with Gasteiger partial charge in [0.05, 0.1) is 0 Å². The number of nitrogens with one attached hydrogen (secondary N) is 1. The maximum atomic E-state index is 12.6. The third kappa shape index (κ3) is 7.30. The number of phenolic OH excluding ortho intramolecular Hbond substituents is 1. The van der Waals surface area contributed by atoms with Crippen molar-refractivity contribution in [3.05, 3.63) is 53.6 Å². The Hall–Kier alpha value is -2.54. The second kappa shape index (κ2) is 9.96. The first kappa shape index (κ1) is 22.5. The van der Waals surface area contributed by atoms with Crippen LogP contribution in [0.1, 0.15) is 25.0 Å². The molecule has 2 rings (SSSR count). The Morgan fingerprint density at radius 1 is 1.11 bits per heavy atom. The van der Waals surface area contributed by atoms with Gasteiger partial charge in [0.2, 0.25) is 0 Å². The van der Waals surface area contributed by atoms with Crippen molar-refractivity contribution in [3.8, 4) is 5.75 Å². The Bertz CT molecular complexity index is 863. The van der Waals surface area contributed by atoms with E-state index in [-0.39, 0.29) is 22.4 Å². The van der Waals surface area contributed by atoms with Gasteiger partial charge in [0.1, 0.15) is 0 Å². The molecule has 0 saturated heterocycles. The van der Waals surface area contributed by atoms with Crippen LogP contribution in [-0.4, -0.2) is 40.4 Å². The number of aryl methyl sites for hydroxylation is 1. The van der Waals surface area contributed by atoms with Crippen molar-refractivity contribution in [2.45, 2.75) is 27.4 Å². The molecule has 9 heteroatoms.